The highest BCUT2D eigenvalue weighted by molar-refractivity contribution is 5.85. The number of aromatic carboxylic acids is 1. The number of anilines is 2. The molecule has 1 aromatic carbocycles. The van der Waals surface area contributed by atoms with Gasteiger partial charge in [0.05, 0.1) is 0 Å². The van der Waals surface area contributed by atoms with Crippen molar-refractivity contribution >= 4 is 17.7 Å². The van der Waals surface area contributed by atoms with Crippen LogP contribution in [-0.2, 0) is 0 Å². The smallest absolute Gasteiger partial charge is 0.357 e. The molecule has 0 saturated heterocycles. The van der Waals surface area contributed by atoms with Crippen molar-refractivity contribution in [2.45, 2.75) is 0 Å². The van der Waals surface area contributed by atoms with Crippen LogP contribution in [0, 0.1) is 0 Å². The van der Waals surface area contributed by atoms with Crippen LogP contribution in [0.4, 0.5) is 11.7 Å². The Morgan fingerprint density at radius 1 is 1.38 bits per heavy atom. The number of nitrogens with zero attached hydrogens (tertiary/aromatic N) is 2. The predicted octanol–water partition coefficient (Wildman–Crippen LogP) is 2.14. The van der Waals surface area contributed by atoms with Gasteiger partial charge in [0, 0.05) is 12.7 Å². The van der Waals surface area contributed by atoms with Gasteiger partial charge >= 0.3 is 12.0 Å². The minimum absolute atomic E-state index is 0.0993. The van der Waals surface area contributed by atoms with E-state index in [-0.39, 0.29) is 11.7 Å². The van der Waals surface area contributed by atoms with Crippen molar-refractivity contribution in [3.05, 3.63) is 42.3 Å². The second-order valence-corrected chi connectivity index (χ2v) is 3.22. The van der Waals surface area contributed by atoms with Crippen LogP contribution in [0.15, 0.2) is 41.0 Å². The van der Waals surface area contributed by atoms with Gasteiger partial charge in [-0.1, -0.05) is 18.2 Å². The highest BCUT2D eigenvalue weighted by atomic mass is 16.4. The molecular weight excluding hydrogens is 208 g/mol. The maximum atomic E-state index is 10.6. The molecule has 0 bridgehead atoms. The van der Waals surface area contributed by atoms with E-state index < -0.39 is 5.97 Å². The Morgan fingerprint density at radius 3 is 2.62 bits per heavy atom. The summed E-state index contributed by atoms with van der Waals surface area (Å²) in [6, 6.07) is 9.67. The van der Waals surface area contributed by atoms with Gasteiger partial charge in [-0.2, -0.15) is 4.98 Å². The van der Waals surface area contributed by atoms with Gasteiger partial charge in [0.25, 0.3) is 0 Å². The van der Waals surface area contributed by atoms with E-state index in [2.05, 4.69) is 4.98 Å². The first-order valence-electron chi connectivity index (χ1n) is 4.66. The zero-order valence-electron chi connectivity index (χ0n) is 8.62. The van der Waals surface area contributed by atoms with Crippen molar-refractivity contribution in [1.82, 2.24) is 4.98 Å². The Kier molecular flexibility index (Phi) is 2.59. The van der Waals surface area contributed by atoms with Crippen LogP contribution >= 0.6 is 0 Å². The lowest BCUT2D eigenvalue weighted by Gasteiger charge is -2.13. The number of aromatic nitrogens is 1. The van der Waals surface area contributed by atoms with E-state index in [4.69, 9.17) is 9.52 Å². The molecule has 1 N–H and O–H groups in total. The second kappa shape index (κ2) is 4.06. The molecule has 5 heteroatoms. The zero-order valence-corrected chi connectivity index (χ0v) is 8.62. The van der Waals surface area contributed by atoms with Gasteiger partial charge in [-0.3, -0.25) is 4.90 Å². The SMILES string of the molecule is CN(c1ccccc1)c1nc(C(=O)O)co1. The average Bonchev–Trinajstić information content (AvgIpc) is 2.78. The maximum absolute atomic E-state index is 10.6. The summed E-state index contributed by atoms with van der Waals surface area (Å²) in [5.41, 5.74) is 0.777. The van der Waals surface area contributed by atoms with Gasteiger partial charge in [-0.15, -0.1) is 0 Å². The van der Waals surface area contributed by atoms with Gasteiger partial charge in [-0.05, 0) is 12.1 Å². The van der Waals surface area contributed by atoms with Gasteiger partial charge in [0.15, 0.2) is 5.69 Å². The fourth-order valence-corrected chi connectivity index (χ4v) is 1.28. The highest BCUT2D eigenvalue weighted by Crippen LogP contribution is 2.21. The lowest BCUT2D eigenvalue weighted by atomic mass is 10.3. The Morgan fingerprint density at radius 2 is 2.06 bits per heavy atom. The summed E-state index contributed by atoms with van der Waals surface area (Å²) in [5.74, 6) is -1.10. The molecule has 0 fully saturated rings. The van der Waals surface area contributed by atoms with Gasteiger partial charge < -0.3 is 9.52 Å². The monoisotopic (exact) mass is 218 g/mol. The number of benzene rings is 1. The molecule has 0 aliphatic rings. The van der Waals surface area contributed by atoms with Crippen molar-refractivity contribution in [2.75, 3.05) is 11.9 Å². The number of hydrogen-bond acceptors (Lipinski definition) is 4. The van der Waals surface area contributed by atoms with Crippen molar-refractivity contribution in [3.63, 3.8) is 0 Å². The molecule has 0 unspecified atom stereocenters. The third-order valence-electron chi connectivity index (χ3n) is 2.14. The molecule has 1 aromatic heterocycles. The van der Waals surface area contributed by atoms with Crippen LogP contribution < -0.4 is 4.90 Å². The van der Waals surface area contributed by atoms with Crippen LogP contribution in [0.2, 0.25) is 0 Å². The number of para-hydroxylation sites is 1. The van der Waals surface area contributed by atoms with Crippen molar-refractivity contribution in [2.24, 2.45) is 0 Å². The second-order valence-electron chi connectivity index (χ2n) is 3.22. The Balaban J connectivity index is 2.27. The normalized spacial score (nSPS) is 10.1. The molecule has 0 amide bonds. The first-order chi connectivity index (χ1) is 7.68. The summed E-state index contributed by atoms with van der Waals surface area (Å²) >= 11 is 0. The fourth-order valence-electron chi connectivity index (χ4n) is 1.28. The Hall–Kier alpha value is -2.30. The summed E-state index contributed by atoms with van der Waals surface area (Å²) in [7, 11) is 1.76. The summed E-state index contributed by atoms with van der Waals surface area (Å²) in [6.07, 6.45) is 1.12. The number of oxazole rings is 1. The van der Waals surface area contributed by atoms with E-state index in [0.29, 0.717) is 0 Å². The molecule has 16 heavy (non-hydrogen) atoms. The molecule has 2 aromatic rings. The minimum atomic E-state index is -1.10. The highest BCUT2D eigenvalue weighted by Gasteiger charge is 2.14. The topological polar surface area (TPSA) is 66.6 Å². The van der Waals surface area contributed by atoms with E-state index in [1.165, 1.54) is 0 Å². The molecular formula is C11H10N2O3. The summed E-state index contributed by atoms with van der Waals surface area (Å²) in [5, 5.41) is 8.71. The molecule has 82 valence electrons. The van der Waals surface area contributed by atoms with E-state index >= 15 is 0 Å². The third-order valence-corrected chi connectivity index (χ3v) is 2.14. The van der Waals surface area contributed by atoms with E-state index in [1.54, 1.807) is 11.9 Å². The van der Waals surface area contributed by atoms with Crippen molar-refractivity contribution in [1.29, 1.82) is 0 Å². The summed E-state index contributed by atoms with van der Waals surface area (Å²) in [4.78, 5) is 16.2. The molecule has 0 aliphatic carbocycles. The van der Waals surface area contributed by atoms with E-state index in [1.807, 2.05) is 30.3 Å². The van der Waals surface area contributed by atoms with Crippen LogP contribution in [0.1, 0.15) is 10.5 Å². The molecule has 1 heterocycles. The Labute approximate surface area is 91.9 Å². The van der Waals surface area contributed by atoms with Crippen LogP contribution in [-0.4, -0.2) is 23.1 Å². The largest absolute Gasteiger partial charge is 0.476 e. The van der Waals surface area contributed by atoms with E-state index in [0.717, 1.165) is 12.0 Å². The molecule has 0 atom stereocenters. The van der Waals surface area contributed by atoms with E-state index in [9.17, 15) is 4.79 Å². The quantitative estimate of drug-likeness (QED) is 0.854. The fraction of sp³-hybridized carbons (Fsp3) is 0.0909. The molecule has 0 aliphatic heterocycles. The first kappa shape index (κ1) is 10.2. The third kappa shape index (κ3) is 1.88. The van der Waals surface area contributed by atoms with Crippen molar-refractivity contribution in [3.8, 4) is 0 Å². The van der Waals surface area contributed by atoms with Crippen LogP contribution in [0.3, 0.4) is 0 Å². The number of carbonyl (C=O) groups is 1. The molecule has 0 radical (unpaired) electrons. The molecule has 0 spiro atoms. The number of carboxylic acids is 1. The predicted molar refractivity (Wildman–Crippen MR) is 58.0 cm³/mol. The molecule has 0 saturated carbocycles. The van der Waals surface area contributed by atoms with Gasteiger partial charge in [-0.25, -0.2) is 4.79 Å². The summed E-state index contributed by atoms with van der Waals surface area (Å²) in [6.45, 7) is 0. The number of hydrogen-bond donors (Lipinski definition) is 1. The zero-order chi connectivity index (χ0) is 11.5. The maximum Gasteiger partial charge on any atom is 0.357 e. The minimum Gasteiger partial charge on any atom is -0.476 e. The van der Waals surface area contributed by atoms with Crippen LogP contribution in [0.5, 0.6) is 0 Å². The van der Waals surface area contributed by atoms with Gasteiger partial charge in [0.1, 0.15) is 6.26 Å². The molecule has 2 rings (SSSR count). The van der Waals surface area contributed by atoms with Crippen LogP contribution in [0.25, 0.3) is 0 Å². The van der Waals surface area contributed by atoms with Crippen molar-refractivity contribution < 1.29 is 14.3 Å². The van der Waals surface area contributed by atoms with Gasteiger partial charge in [0.2, 0.25) is 0 Å². The lowest BCUT2D eigenvalue weighted by molar-refractivity contribution is 0.0690. The molecule has 5 nitrogen and oxygen atoms in total. The summed E-state index contributed by atoms with van der Waals surface area (Å²) < 4.78 is 5.08. The average molecular weight is 218 g/mol. The standard InChI is InChI=1S/C11H10N2O3/c1-13(8-5-3-2-4-6-8)11-12-9(7-16-11)10(14)15/h2-7H,1H3,(H,14,15). The Bertz CT molecular complexity index is 493. The number of rotatable bonds is 3. The lowest BCUT2D eigenvalue weighted by Crippen LogP contribution is -2.10. The number of carboxylic acid groups (broad SMARTS) is 1. The first-order valence-corrected chi connectivity index (χ1v) is 4.66.